The summed E-state index contributed by atoms with van der Waals surface area (Å²) in [7, 11) is 1.34. The van der Waals surface area contributed by atoms with Crippen molar-refractivity contribution in [2.75, 3.05) is 36.5 Å². The van der Waals surface area contributed by atoms with Gasteiger partial charge in [-0.1, -0.05) is 6.07 Å². The topological polar surface area (TPSA) is 102 Å². The molecule has 0 spiro atoms. The molecule has 2 aromatic heterocycles. The average molecular weight is 448 g/mol. The fourth-order valence-electron chi connectivity index (χ4n) is 4.06. The van der Waals surface area contributed by atoms with Crippen LogP contribution in [0.2, 0.25) is 0 Å². The number of amides is 2. The Morgan fingerprint density at radius 2 is 1.94 bits per heavy atom. The van der Waals surface area contributed by atoms with Crippen molar-refractivity contribution in [3.05, 3.63) is 55.1 Å². The summed E-state index contributed by atoms with van der Waals surface area (Å²) in [5.41, 5.74) is 2.94. The van der Waals surface area contributed by atoms with E-state index in [1.807, 2.05) is 42.2 Å². The van der Waals surface area contributed by atoms with E-state index in [-0.39, 0.29) is 12.6 Å². The van der Waals surface area contributed by atoms with Gasteiger partial charge in [0.2, 0.25) is 0 Å². The summed E-state index contributed by atoms with van der Waals surface area (Å²) < 4.78 is 12.5. The Hall–Kier alpha value is -3.92. The molecule has 1 saturated heterocycles. The lowest BCUT2D eigenvalue weighted by Gasteiger charge is -2.39. The Kier molecular flexibility index (Phi) is 5.43. The summed E-state index contributed by atoms with van der Waals surface area (Å²) in [6.45, 7) is 3.89. The number of carbonyl (C=O) groups excluding carboxylic acids is 2. The number of pyridine rings is 1. The number of benzene rings is 1. The number of fused-ring (bicyclic) bond motifs is 1. The summed E-state index contributed by atoms with van der Waals surface area (Å²) in [5.74, 6) is 0.346. The third-order valence-corrected chi connectivity index (χ3v) is 5.91. The van der Waals surface area contributed by atoms with Crippen LogP contribution in [0.15, 0.2) is 55.1 Å². The van der Waals surface area contributed by atoms with E-state index < -0.39 is 12.2 Å². The second-order valence-corrected chi connectivity index (χ2v) is 8.08. The van der Waals surface area contributed by atoms with Crippen LogP contribution in [0.25, 0.3) is 11.1 Å². The molecule has 2 amide bonds. The number of aromatic nitrogens is 3. The van der Waals surface area contributed by atoms with Gasteiger partial charge in [0, 0.05) is 31.0 Å². The van der Waals surface area contributed by atoms with Gasteiger partial charge in [-0.3, -0.25) is 19.5 Å². The predicted octanol–water partition coefficient (Wildman–Crippen LogP) is 3.07. The molecule has 0 aliphatic carbocycles. The second-order valence-electron chi connectivity index (χ2n) is 8.08. The van der Waals surface area contributed by atoms with E-state index in [9.17, 15) is 9.59 Å². The largest absolute Gasteiger partial charge is 0.452 e. The van der Waals surface area contributed by atoms with Gasteiger partial charge >= 0.3 is 12.2 Å². The first-order valence-corrected chi connectivity index (χ1v) is 10.7. The highest BCUT2D eigenvalue weighted by atomic mass is 16.6. The molecule has 3 aromatic rings. The zero-order chi connectivity index (χ0) is 22.9. The number of rotatable bonds is 3. The first-order valence-electron chi connectivity index (χ1n) is 10.7. The summed E-state index contributed by atoms with van der Waals surface area (Å²) in [5, 5.41) is 7.73. The van der Waals surface area contributed by atoms with Gasteiger partial charge in [0.1, 0.15) is 0 Å². The predicted molar refractivity (Wildman–Crippen MR) is 122 cm³/mol. The van der Waals surface area contributed by atoms with E-state index in [0.29, 0.717) is 23.2 Å². The molecule has 1 N–H and O–H groups in total. The number of nitrogens with zero attached hydrogens (tertiary/aromatic N) is 5. The van der Waals surface area contributed by atoms with Crippen molar-refractivity contribution in [1.82, 2.24) is 20.1 Å². The first-order chi connectivity index (χ1) is 16.0. The van der Waals surface area contributed by atoms with Crippen molar-refractivity contribution in [1.29, 1.82) is 0 Å². The Morgan fingerprint density at radius 1 is 1.09 bits per heavy atom. The van der Waals surface area contributed by atoms with Crippen molar-refractivity contribution in [2.45, 2.75) is 19.0 Å². The standard InChI is InChI=1S/C23H24N6O4/c1-15-13-27(22(30)33-19-4-3-7-24-12-19)21-8-16(5-6-20(21)29(15)23(31)32-2)17-9-26-28(14-17)18-10-25-11-18/h3-9,12,14-15,18,25H,10-11,13H2,1-2H3/t15-/m0/s1. The molecular weight excluding hydrogens is 424 g/mol. The van der Waals surface area contributed by atoms with Gasteiger partial charge in [0.05, 0.1) is 49.5 Å². The first kappa shape index (κ1) is 21.0. The summed E-state index contributed by atoms with van der Waals surface area (Å²) in [6, 6.07) is 9.01. The second kappa shape index (κ2) is 8.55. The molecule has 1 atom stereocenters. The van der Waals surface area contributed by atoms with E-state index in [0.717, 1.165) is 24.2 Å². The molecule has 10 heteroatoms. The molecule has 0 saturated carbocycles. The van der Waals surface area contributed by atoms with Crippen molar-refractivity contribution in [3.63, 3.8) is 0 Å². The molecule has 1 aromatic carbocycles. The maximum atomic E-state index is 13.1. The van der Waals surface area contributed by atoms with Crippen LogP contribution in [-0.4, -0.2) is 59.7 Å². The van der Waals surface area contributed by atoms with E-state index in [2.05, 4.69) is 15.4 Å². The number of carbonyl (C=O) groups is 2. The minimum absolute atomic E-state index is 0.248. The van der Waals surface area contributed by atoms with E-state index in [1.165, 1.54) is 18.2 Å². The van der Waals surface area contributed by atoms with Crippen molar-refractivity contribution < 1.29 is 19.1 Å². The lowest BCUT2D eigenvalue weighted by Crippen LogP contribution is -2.52. The Labute approximate surface area is 190 Å². The summed E-state index contributed by atoms with van der Waals surface area (Å²) >= 11 is 0. The Bertz CT molecular complexity index is 1180. The maximum Gasteiger partial charge on any atom is 0.419 e. The minimum Gasteiger partial charge on any atom is -0.452 e. The van der Waals surface area contributed by atoms with Crippen LogP contribution in [0.3, 0.4) is 0 Å². The van der Waals surface area contributed by atoms with Gasteiger partial charge in [0.25, 0.3) is 0 Å². The highest BCUT2D eigenvalue weighted by Crippen LogP contribution is 2.39. The monoisotopic (exact) mass is 448 g/mol. The number of anilines is 2. The molecule has 4 heterocycles. The molecule has 2 aliphatic heterocycles. The minimum atomic E-state index is -0.547. The molecule has 170 valence electrons. The quantitative estimate of drug-likeness (QED) is 0.657. The van der Waals surface area contributed by atoms with Crippen LogP contribution in [0.4, 0.5) is 21.0 Å². The Balaban J connectivity index is 1.52. The van der Waals surface area contributed by atoms with Crippen molar-refractivity contribution in [3.8, 4) is 16.9 Å². The van der Waals surface area contributed by atoms with Gasteiger partial charge in [0.15, 0.2) is 5.75 Å². The van der Waals surface area contributed by atoms with Crippen LogP contribution in [0.5, 0.6) is 5.75 Å². The Morgan fingerprint density at radius 3 is 2.64 bits per heavy atom. The molecule has 5 rings (SSSR count). The molecule has 2 aliphatic rings. The van der Waals surface area contributed by atoms with Gasteiger partial charge in [-0.2, -0.15) is 5.10 Å². The number of ether oxygens (including phenoxy) is 2. The maximum absolute atomic E-state index is 13.1. The van der Waals surface area contributed by atoms with Crippen LogP contribution in [-0.2, 0) is 4.74 Å². The van der Waals surface area contributed by atoms with E-state index in [1.54, 1.807) is 23.2 Å². The van der Waals surface area contributed by atoms with Crippen LogP contribution in [0.1, 0.15) is 13.0 Å². The van der Waals surface area contributed by atoms with Crippen molar-refractivity contribution >= 4 is 23.6 Å². The van der Waals surface area contributed by atoms with Crippen LogP contribution >= 0.6 is 0 Å². The van der Waals surface area contributed by atoms with E-state index in [4.69, 9.17) is 9.47 Å². The third kappa shape index (κ3) is 3.89. The van der Waals surface area contributed by atoms with E-state index >= 15 is 0 Å². The fraction of sp³-hybridized carbons (Fsp3) is 0.304. The molecule has 33 heavy (non-hydrogen) atoms. The number of nitrogens with one attached hydrogen (secondary N) is 1. The molecular formula is C23H24N6O4. The normalized spacial score (nSPS) is 17.8. The van der Waals surface area contributed by atoms with Gasteiger partial charge in [-0.25, -0.2) is 9.59 Å². The molecule has 0 radical (unpaired) electrons. The highest BCUT2D eigenvalue weighted by molar-refractivity contribution is 6.02. The summed E-state index contributed by atoms with van der Waals surface area (Å²) in [4.78, 5) is 32.7. The molecule has 10 nitrogen and oxygen atoms in total. The molecule has 1 fully saturated rings. The molecule has 0 bridgehead atoms. The van der Waals surface area contributed by atoms with Crippen molar-refractivity contribution in [2.24, 2.45) is 0 Å². The number of hydrogen-bond donors (Lipinski definition) is 1. The highest BCUT2D eigenvalue weighted by Gasteiger charge is 2.36. The lowest BCUT2D eigenvalue weighted by molar-refractivity contribution is 0.175. The zero-order valence-electron chi connectivity index (χ0n) is 18.3. The van der Waals surface area contributed by atoms with Gasteiger partial charge in [-0.05, 0) is 36.8 Å². The lowest BCUT2D eigenvalue weighted by atomic mass is 10.0. The smallest absolute Gasteiger partial charge is 0.419 e. The SMILES string of the molecule is COC(=O)N1c2ccc(-c3cnn(C4CNC4)c3)cc2N(C(=O)Oc2cccnc2)C[C@@H]1C. The van der Waals surface area contributed by atoms with Crippen LogP contribution in [0, 0.1) is 0 Å². The fourth-order valence-corrected chi connectivity index (χ4v) is 4.06. The van der Waals surface area contributed by atoms with Crippen LogP contribution < -0.4 is 19.9 Å². The molecule has 0 unspecified atom stereocenters. The van der Waals surface area contributed by atoms with Gasteiger partial charge in [-0.15, -0.1) is 0 Å². The summed E-state index contributed by atoms with van der Waals surface area (Å²) in [6.07, 6.45) is 5.86. The number of hydrogen-bond acceptors (Lipinski definition) is 7. The van der Waals surface area contributed by atoms with Gasteiger partial charge < -0.3 is 14.8 Å². The third-order valence-electron chi connectivity index (χ3n) is 5.91. The zero-order valence-corrected chi connectivity index (χ0v) is 18.3. The number of methoxy groups -OCH3 is 1. The average Bonchev–Trinajstić information content (AvgIpc) is 3.26.